The second-order valence-corrected chi connectivity index (χ2v) is 6.54. The summed E-state index contributed by atoms with van der Waals surface area (Å²) in [4.78, 5) is 23.9. The molecule has 1 atom stereocenters. The maximum atomic E-state index is 12.1. The van der Waals surface area contributed by atoms with Gasteiger partial charge in [-0.25, -0.2) is 4.79 Å². The fraction of sp³-hybridized carbons (Fsp3) is 0.222. The van der Waals surface area contributed by atoms with Gasteiger partial charge in [-0.1, -0.05) is 30.3 Å². The van der Waals surface area contributed by atoms with E-state index in [0.717, 1.165) is 14.7 Å². The third-order valence-corrected chi connectivity index (χ3v) is 4.58. The topological polar surface area (TPSA) is 67.4 Å². The van der Waals surface area contributed by atoms with Gasteiger partial charge in [-0.2, -0.15) is 0 Å². The van der Waals surface area contributed by atoms with E-state index in [1.54, 1.807) is 6.92 Å². The van der Waals surface area contributed by atoms with Crippen molar-refractivity contribution in [1.29, 1.82) is 0 Å². The Labute approximate surface area is 154 Å². The second-order valence-electron chi connectivity index (χ2n) is 5.38. The number of hydrogen-bond acceptors (Lipinski definition) is 3. The highest BCUT2D eigenvalue weighted by molar-refractivity contribution is 14.1. The fourth-order valence-electron chi connectivity index (χ4n) is 1.98. The molecule has 0 saturated heterocycles. The molecule has 0 aliphatic carbocycles. The summed E-state index contributed by atoms with van der Waals surface area (Å²) in [5, 5.41) is 5.30. The van der Waals surface area contributed by atoms with E-state index in [4.69, 9.17) is 4.74 Å². The van der Waals surface area contributed by atoms with Crippen LogP contribution in [0.1, 0.15) is 18.1 Å². The smallest absolute Gasteiger partial charge is 0.408 e. The first-order valence-corrected chi connectivity index (χ1v) is 8.58. The van der Waals surface area contributed by atoms with Crippen LogP contribution in [0.15, 0.2) is 48.5 Å². The molecule has 2 N–H and O–H groups in total. The minimum absolute atomic E-state index is 0.164. The van der Waals surface area contributed by atoms with E-state index in [2.05, 4.69) is 33.2 Å². The van der Waals surface area contributed by atoms with Crippen LogP contribution in [0, 0.1) is 10.5 Å². The molecular formula is C18H19IN2O3. The Kier molecular flexibility index (Phi) is 6.60. The van der Waals surface area contributed by atoms with Gasteiger partial charge in [-0.15, -0.1) is 0 Å². The van der Waals surface area contributed by atoms with E-state index in [9.17, 15) is 9.59 Å². The maximum absolute atomic E-state index is 12.1. The molecule has 0 fully saturated rings. The van der Waals surface area contributed by atoms with E-state index in [1.165, 1.54) is 0 Å². The van der Waals surface area contributed by atoms with Gasteiger partial charge in [0.15, 0.2) is 0 Å². The highest BCUT2D eigenvalue weighted by Gasteiger charge is 2.16. The van der Waals surface area contributed by atoms with Gasteiger partial charge in [0, 0.05) is 9.26 Å². The maximum Gasteiger partial charge on any atom is 0.408 e. The molecule has 2 aromatic rings. The predicted octanol–water partition coefficient (Wildman–Crippen LogP) is 3.85. The molecule has 24 heavy (non-hydrogen) atoms. The third kappa shape index (κ3) is 5.52. The fourth-order valence-corrected chi connectivity index (χ4v) is 2.32. The van der Waals surface area contributed by atoms with Crippen LogP contribution < -0.4 is 10.6 Å². The Morgan fingerprint density at radius 2 is 1.88 bits per heavy atom. The Morgan fingerprint density at radius 3 is 2.54 bits per heavy atom. The lowest BCUT2D eigenvalue weighted by atomic mass is 10.2. The van der Waals surface area contributed by atoms with Crippen molar-refractivity contribution in [3.05, 3.63) is 63.2 Å². The Bertz CT molecular complexity index is 719. The predicted molar refractivity (Wildman–Crippen MR) is 102 cm³/mol. The largest absolute Gasteiger partial charge is 0.445 e. The molecule has 0 bridgehead atoms. The number of benzene rings is 2. The minimum Gasteiger partial charge on any atom is -0.445 e. The molecule has 0 saturated carbocycles. The van der Waals surface area contributed by atoms with Crippen molar-refractivity contribution in [2.24, 2.45) is 0 Å². The molecule has 0 aliphatic heterocycles. The van der Waals surface area contributed by atoms with Crippen LogP contribution in [0.2, 0.25) is 0 Å². The van der Waals surface area contributed by atoms with E-state index in [1.807, 2.05) is 55.5 Å². The zero-order valence-electron chi connectivity index (χ0n) is 13.5. The van der Waals surface area contributed by atoms with Gasteiger partial charge in [-0.05, 0) is 65.8 Å². The van der Waals surface area contributed by atoms with Crippen LogP contribution >= 0.6 is 22.6 Å². The number of rotatable bonds is 5. The summed E-state index contributed by atoms with van der Waals surface area (Å²) in [6.45, 7) is 3.75. The van der Waals surface area contributed by atoms with Crippen LogP contribution in [0.3, 0.4) is 0 Å². The zero-order valence-corrected chi connectivity index (χ0v) is 15.7. The molecule has 5 nitrogen and oxygen atoms in total. The molecule has 0 aliphatic rings. The molecule has 6 heteroatoms. The molecule has 0 unspecified atom stereocenters. The van der Waals surface area contributed by atoms with Crippen LogP contribution in [0.4, 0.5) is 10.5 Å². The Morgan fingerprint density at radius 1 is 1.17 bits per heavy atom. The first-order valence-electron chi connectivity index (χ1n) is 7.50. The first-order chi connectivity index (χ1) is 11.5. The summed E-state index contributed by atoms with van der Waals surface area (Å²) >= 11 is 2.23. The number of halogens is 1. The number of nitrogens with one attached hydrogen (secondary N) is 2. The van der Waals surface area contributed by atoms with Crippen LogP contribution in [-0.4, -0.2) is 18.0 Å². The summed E-state index contributed by atoms with van der Waals surface area (Å²) < 4.78 is 6.23. The number of ether oxygens (including phenoxy) is 1. The van der Waals surface area contributed by atoms with Crippen molar-refractivity contribution in [2.75, 3.05) is 5.32 Å². The molecule has 0 radical (unpaired) electrons. The average molecular weight is 438 g/mol. The number of amides is 2. The number of anilines is 1. The standard InChI is InChI=1S/C18H19IN2O3/c1-12-10-15(8-9-16(12)19)21-17(22)13(2)20-18(23)24-11-14-6-4-3-5-7-14/h3-10,13H,11H2,1-2H3,(H,20,23)(H,21,22)/t13-/m1/s1. The lowest BCUT2D eigenvalue weighted by Crippen LogP contribution is -2.41. The normalized spacial score (nSPS) is 11.5. The van der Waals surface area contributed by atoms with Gasteiger partial charge in [0.25, 0.3) is 0 Å². The number of carbonyl (C=O) groups is 2. The van der Waals surface area contributed by atoms with Crippen molar-refractivity contribution in [2.45, 2.75) is 26.5 Å². The molecule has 0 heterocycles. The highest BCUT2D eigenvalue weighted by atomic mass is 127. The molecule has 2 aromatic carbocycles. The molecular weight excluding hydrogens is 419 g/mol. The van der Waals surface area contributed by atoms with Crippen molar-refractivity contribution >= 4 is 40.3 Å². The Balaban J connectivity index is 1.82. The monoisotopic (exact) mass is 438 g/mol. The SMILES string of the molecule is Cc1cc(NC(=O)[C@@H](C)NC(=O)OCc2ccccc2)ccc1I. The van der Waals surface area contributed by atoms with Gasteiger partial charge in [0.05, 0.1) is 0 Å². The highest BCUT2D eigenvalue weighted by Crippen LogP contribution is 2.16. The lowest BCUT2D eigenvalue weighted by Gasteiger charge is -2.14. The molecule has 0 aromatic heterocycles. The lowest BCUT2D eigenvalue weighted by molar-refractivity contribution is -0.117. The van der Waals surface area contributed by atoms with Gasteiger partial charge in [-0.3, -0.25) is 4.79 Å². The van der Waals surface area contributed by atoms with Crippen molar-refractivity contribution < 1.29 is 14.3 Å². The van der Waals surface area contributed by atoms with Crippen LogP contribution in [0.25, 0.3) is 0 Å². The van der Waals surface area contributed by atoms with Crippen molar-refractivity contribution in [3.8, 4) is 0 Å². The summed E-state index contributed by atoms with van der Waals surface area (Å²) in [5.74, 6) is -0.299. The average Bonchev–Trinajstić information content (AvgIpc) is 2.57. The zero-order chi connectivity index (χ0) is 17.5. The van der Waals surface area contributed by atoms with E-state index in [0.29, 0.717) is 5.69 Å². The van der Waals surface area contributed by atoms with Gasteiger partial charge in [0.1, 0.15) is 12.6 Å². The van der Waals surface area contributed by atoms with E-state index in [-0.39, 0.29) is 12.5 Å². The van der Waals surface area contributed by atoms with E-state index < -0.39 is 12.1 Å². The van der Waals surface area contributed by atoms with Gasteiger partial charge >= 0.3 is 6.09 Å². The van der Waals surface area contributed by atoms with Crippen molar-refractivity contribution in [3.63, 3.8) is 0 Å². The number of alkyl carbamates (subject to hydrolysis) is 1. The summed E-state index contributed by atoms with van der Waals surface area (Å²) in [7, 11) is 0. The Hall–Kier alpha value is -2.09. The minimum atomic E-state index is -0.701. The van der Waals surface area contributed by atoms with E-state index >= 15 is 0 Å². The second kappa shape index (κ2) is 8.68. The van der Waals surface area contributed by atoms with Crippen LogP contribution in [-0.2, 0) is 16.1 Å². The summed E-state index contributed by atoms with van der Waals surface area (Å²) in [5.41, 5.74) is 2.67. The summed E-state index contributed by atoms with van der Waals surface area (Å²) in [6, 6.07) is 14.3. The summed E-state index contributed by atoms with van der Waals surface area (Å²) in [6.07, 6.45) is -0.625. The molecule has 2 rings (SSSR count). The third-order valence-electron chi connectivity index (χ3n) is 3.37. The quantitative estimate of drug-likeness (QED) is 0.697. The first kappa shape index (κ1) is 18.3. The van der Waals surface area contributed by atoms with Gasteiger partial charge in [0.2, 0.25) is 5.91 Å². The number of hydrogen-bond donors (Lipinski definition) is 2. The number of carbonyl (C=O) groups excluding carboxylic acids is 2. The van der Waals surface area contributed by atoms with Gasteiger partial charge < -0.3 is 15.4 Å². The van der Waals surface area contributed by atoms with Crippen molar-refractivity contribution in [1.82, 2.24) is 5.32 Å². The molecule has 2 amide bonds. The number of aryl methyl sites for hydroxylation is 1. The van der Waals surface area contributed by atoms with Crippen LogP contribution in [0.5, 0.6) is 0 Å². The molecule has 126 valence electrons. The molecule has 0 spiro atoms.